The molecule has 3 rings (SSSR count). The van der Waals surface area contributed by atoms with Gasteiger partial charge in [-0.05, 0) is 30.9 Å². The van der Waals surface area contributed by atoms with Crippen LogP contribution in [0.4, 0.5) is 0 Å². The zero-order chi connectivity index (χ0) is 12.0. The monoisotopic (exact) mass is 249 g/mol. The van der Waals surface area contributed by atoms with Crippen molar-refractivity contribution < 1.29 is 0 Å². The second-order valence-electron chi connectivity index (χ2n) is 4.80. The highest BCUT2D eigenvalue weighted by molar-refractivity contribution is 6.16. The molecule has 0 aromatic carbocycles. The van der Waals surface area contributed by atoms with E-state index in [1.54, 1.807) is 0 Å². The normalized spacial score (nSPS) is 23.2. The van der Waals surface area contributed by atoms with E-state index >= 15 is 0 Å². The second kappa shape index (κ2) is 3.98. The van der Waals surface area contributed by atoms with E-state index in [0.29, 0.717) is 11.9 Å². The molecule has 0 spiro atoms. The number of hydrogen-bond donors (Lipinski definition) is 0. The van der Waals surface area contributed by atoms with Gasteiger partial charge in [0.1, 0.15) is 11.3 Å². The van der Waals surface area contributed by atoms with Crippen LogP contribution in [0.5, 0.6) is 0 Å². The molecule has 1 saturated carbocycles. The summed E-state index contributed by atoms with van der Waals surface area (Å²) in [6, 6.07) is 2.56. The van der Waals surface area contributed by atoms with Crippen LogP contribution >= 0.6 is 11.6 Å². The van der Waals surface area contributed by atoms with Gasteiger partial charge in [0.25, 0.3) is 0 Å². The molecular weight excluding hydrogens is 234 g/mol. The van der Waals surface area contributed by atoms with Gasteiger partial charge in [0.2, 0.25) is 0 Å². The van der Waals surface area contributed by atoms with Crippen LogP contribution in [-0.2, 0) is 5.88 Å². The molecule has 1 aliphatic rings. The summed E-state index contributed by atoms with van der Waals surface area (Å²) in [7, 11) is 0. The first-order valence-corrected chi connectivity index (χ1v) is 6.68. The van der Waals surface area contributed by atoms with Gasteiger partial charge < -0.3 is 4.57 Å². The number of nitrogens with zero attached hydrogens (tertiary/aromatic N) is 3. The molecule has 2 unspecified atom stereocenters. The van der Waals surface area contributed by atoms with Gasteiger partial charge >= 0.3 is 0 Å². The van der Waals surface area contributed by atoms with Crippen LogP contribution in [0.25, 0.3) is 11.2 Å². The lowest BCUT2D eigenvalue weighted by atomic mass is 10.3. The van der Waals surface area contributed by atoms with Gasteiger partial charge in [-0.3, -0.25) is 0 Å². The Hall–Kier alpha value is -1.09. The summed E-state index contributed by atoms with van der Waals surface area (Å²) in [6.07, 6.45) is 4.32. The van der Waals surface area contributed by atoms with Gasteiger partial charge in [-0.15, -0.1) is 11.6 Å². The Labute approximate surface area is 106 Å². The highest BCUT2D eigenvalue weighted by Crippen LogP contribution is 2.47. The third kappa shape index (κ3) is 1.64. The summed E-state index contributed by atoms with van der Waals surface area (Å²) in [5.74, 6) is 2.20. The predicted molar refractivity (Wildman–Crippen MR) is 69.3 cm³/mol. The van der Waals surface area contributed by atoms with Crippen LogP contribution in [-0.4, -0.2) is 14.5 Å². The first-order chi connectivity index (χ1) is 8.26. The first kappa shape index (κ1) is 11.0. The fourth-order valence-corrected chi connectivity index (χ4v) is 2.77. The van der Waals surface area contributed by atoms with Crippen LogP contribution in [0.15, 0.2) is 12.3 Å². The first-order valence-electron chi connectivity index (χ1n) is 6.14. The van der Waals surface area contributed by atoms with E-state index in [-0.39, 0.29) is 0 Å². The Balaban J connectivity index is 2.18. The predicted octanol–water partition coefficient (Wildman–Crippen LogP) is 3.45. The van der Waals surface area contributed by atoms with Gasteiger partial charge in [-0.2, -0.15) is 0 Å². The van der Waals surface area contributed by atoms with Crippen LogP contribution in [0.3, 0.4) is 0 Å². The summed E-state index contributed by atoms with van der Waals surface area (Å²) in [5.41, 5.74) is 3.18. The maximum absolute atomic E-state index is 6.01. The number of rotatable bonds is 3. The summed E-state index contributed by atoms with van der Waals surface area (Å²) in [4.78, 5) is 9.11. The Morgan fingerprint density at radius 3 is 3.00 bits per heavy atom. The fraction of sp³-hybridized carbons (Fsp3) is 0.538. The maximum Gasteiger partial charge on any atom is 0.160 e. The topological polar surface area (TPSA) is 30.7 Å². The smallest absolute Gasteiger partial charge is 0.160 e. The second-order valence-corrected chi connectivity index (χ2v) is 5.07. The van der Waals surface area contributed by atoms with Crippen LogP contribution < -0.4 is 0 Å². The largest absolute Gasteiger partial charge is 0.308 e. The van der Waals surface area contributed by atoms with E-state index in [4.69, 9.17) is 11.6 Å². The third-order valence-electron chi connectivity index (χ3n) is 3.71. The maximum atomic E-state index is 6.01. The highest BCUT2D eigenvalue weighted by Gasteiger charge is 2.39. The molecule has 0 N–H and O–H groups in total. The minimum absolute atomic E-state index is 0.461. The lowest BCUT2D eigenvalue weighted by molar-refractivity contribution is 0.633. The molecule has 17 heavy (non-hydrogen) atoms. The van der Waals surface area contributed by atoms with Crippen molar-refractivity contribution in [2.24, 2.45) is 5.92 Å². The standard InChI is InChI=1S/C13H16ClN3/c1-3-9-6-10(9)17-11(7-14)16-12-8(2)4-5-15-13(12)17/h4-5,9-10H,3,6-7H2,1-2H3. The molecule has 0 saturated heterocycles. The zero-order valence-corrected chi connectivity index (χ0v) is 10.9. The van der Waals surface area contributed by atoms with Crippen molar-refractivity contribution >= 4 is 22.8 Å². The quantitative estimate of drug-likeness (QED) is 0.780. The van der Waals surface area contributed by atoms with Gasteiger partial charge in [0.15, 0.2) is 5.65 Å². The highest BCUT2D eigenvalue weighted by atomic mass is 35.5. The molecule has 0 bridgehead atoms. The van der Waals surface area contributed by atoms with Crippen molar-refractivity contribution in [3.63, 3.8) is 0 Å². The van der Waals surface area contributed by atoms with E-state index in [1.165, 1.54) is 18.4 Å². The fourth-order valence-electron chi connectivity index (χ4n) is 2.59. The molecule has 1 fully saturated rings. The Morgan fingerprint density at radius 2 is 2.35 bits per heavy atom. The SMILES string of the molecule is CCC1CC1n1c(CCl)nc2c(C)ccnc21. The van der Waals surface area contributed by atoms with E-state index in [9.17, 15) is 0 Å². The van der Waals surface area contributed by atoms with Gasteiger partial charge in [0.05, 0.1) is 5.88 Å². The molecule has 0 amide bonds. The Morgan fingerprint density at radius 1 is 1.53 bits per heavy atom. The summed E-state index contributed by atoms with van der Waals surface area (Å²) >= 11 is 6.01. The number of aromatic nitrogens is 3. The molecule has 1 aliphatic carbocycles. The van der Waals surface area contributed by atoms with E-state index in [0.717, 1.165) is 22.9 Å². The summed E-state index contributed by atoms with van der Waals surface area (Å²) < 4.78 is 2.25. The van der Waals surface area contributed by atoms with Crippen LogP contribution in [0.1, 0.15) is 37.2 Å². The molecule has 2 aromatic rings. The van der Waals surface area contributed by atoms with Gasteiger partial charge in [0, 0.05) is 12.2 Å². The minimum Gasteiger partial charge on any atom is -0.308 e. The number of hydrogen-bond acceptors (Lipinski definition) is 2. The van der Waals surface area contributed by atoms with Crippen molar-refractivity contribution in [1.29, 1.82) is 0 Å². The Kier molecular flexibility index (Phi) is 2.58. The van der Waals surface area contributed by atoms with Crippen molar-refractivity contribution in [1.82, 2.24) is 14.5 Å². The molecule has 2 atom stereocenters. The molecule has 0 aliphatic heterocycles. The van der Waals surface area contributed by atoms with Crippen LogP contribution in [0.2, 0.25) is 0 Å². The summed E-state index contributed by atoms with van der Waals surface area (Å²) in [6.45, 7) is 4.31. The molecular formula is C13H16ClN3. The number of alkyl halides is 1. The van der Waals surface area contributed by atoms with Gasteiger partial charge in [-0.1, -0.05) is 13.3 Å². The zero-order valence-electron chi connectivity index (χ0n) is 10.2. The van der Waals surface area contributed by atoms with E-state index in [1.807, 2.05) is 12.3 Å². The van der Waals surface area contributed by atoms with Crippen molar-refractivity contribution in [2.45, 2.75) is 38.6 Å². The molecule has 2 aromatic heterocycles. The number of fused-ring (bicyclic) bond motifs is 1. The molecule has 2 heterocycles. The number of halogens is 1. The lowest BCUT2D eigenvalue weighted by Crippen LogP contribution is -2.02. The van der Waals surface area contributed by atoms with Crippen LogP contribution in [0, 0.1) is 12.8 Å². The lowest BCUT2D eigenvalue weighted by Gasteiger charge is -2.05. The minimum atomic E-state index is 0.461. The van der Waals surface area contributed by atoms with Crippen molar-refractivity contribution in [3.05, 3.63) is 23.7 Å². The third-order valence-corrected chi connectivity index (χ3v) is 3.95. The molecule has 90 valence electrons. The Bertz CT molecular complexity index is 561. The number of aryl methyl sites for hydroxylation is 1. The summed E-state index contributed by atoms with van der Waals surface area (Å²) in [5, 5.41) is 0. The van der Waals surface area contributed by atoms with E-state index in [2.05, 4.69) is 28.4 Å². The average Bonchev–Trinajstić information content (AvgIpc) is 3.02. The van der Waals surface area contributed by atoms with Crippen molar-refractivity contribution in [2.75, 3.05) is 0 Å². The molecule has 4 heteroatoms. The number of imidazole rings is 1. The molecule has 3 nitrogen and oxygen atoms in total. The van der Waals surface area contributed by atoms with E-state index < -0.39 is 0 Å². The number of pyridine rings is 1. The van der Waals surface area contributed by atoms with Crippen molar-refractivity contribution in [3.8, 4) is 0 Å². The average molecular weight is 250 g/mol. The van der Waals surface area contributed by atoms with Gasteiger partial charge in [-0.25, -0.2) is 9.97 Å². The molecule has 0 radical (unpaired) electrons.